The van der Waals surface area contributed by atoms with Gasteiger partial charge in [0.25, 0.3) is 0 Å². The molecule has 3 nitrogen and oxygen atoms in total. The number of carbonyl (C=O) groups is 1. The maximum absolute atomic E-state index is 11.9. The molecule has 1 aliphatic rings. The smallest absolute Gasteiger partial charge is 0.240 e. The van der Waals surface area contributed by atoms with E-state index < -0.39 is 0 Å². The van der Waals surface area contributed by atoms with Crippen LogP contribution in [0.25, 0.3) is 0 Å². The maximum atomic E-state index is 11.9. The minimum Gasteiger partial charge on any atom is -0.339 e. The zero-order valence-electron chi connectivity index (χ0n) is 10.4. The second-order valence-electron chi connectivity index (χ2n) is 4.89. The minimum absolute atomic E-state index is 0.0707. The van der Waals surface area contributed by atoms with E-state index in [4.69, 9.17) is 0 Å². The second-order valence-corrected chi connectivity index (χ2v) is 4.89. The first kappa shape index (κ1) is 12.5. The molecule has 0 aromatic carbocycles. The van der Waals surface area contributed by atoms with Crippen molar-refractivity contribution in [2.24, 2.45) is 5.92 Å². The lowest BCUT2D eigenvalue weighted by Gasteiger charge is -2.21. The lowest BCUT2D eigenvalue weighted by atomic mass is 10.1. The average molecular weight is 212 g/mol. The first-order valence-electron chi connectivity index (χ1n) is 6.10. The quantitative estimate of drug-likeness (QED) is 0.751. The number of carbonyl (C=O) groups excluding carboxylic acids is 1. The number of likely N-dealkylation sites (tertiary alicyclic amines) is 1. The van der Waals surface area contributed by atoms with Gasteiger partial charge in [-0.2, -0.15) is 0 Å². The first-order valence-corrected chi connectivity index (χ1v) is 6.10. The van der Waals surface area contributed by atoms with E-state index in [-0.39, 0.29) is 11.9 Å². The molecule has 15 heavy (non-hydrogen) atoms. The van der Waals surface area contributed by atoms with E-state index >= 15 is 0 Å². The van der Waals surface area contributed by atoms with E-state index in [0.29, 0.717) is 12.0 Å². The average Bonchev–Trinajstić information content (AvgIpc) is 2.56. The highest BCUT2D eigenvalue weighted by Gasteiger charge is 2.32. The molecule has 0 aromatic rings. The summed E-state index contributed by atoms with van der Waals surface area (Å²) < 4.78 is 0. The van der Waals surface area contributed by atoms with Crippen LogP contribution >= 0.6 is 0 Å². The van der Waals surface area contributed by atoms with Gasteiger partial charge in [-0.3, -0.25) is 4.79 Å². The Balaban J connectivity index is 2.36. The highest BCUT2D eigenvalue weighted by molar-refractivity contribution is 5.84. The zero-order valence-corrected chi connectivity index (χ0v) is 10.4. The highest BCUT2D eigenvalue weighted by Crippen LogP contribution is 2.14. The summed E-state index contributed by atoms with van der Waals surface area (Å²) in [5.41, 5.74) is 0. The molecule has 0 radical (unpaired) electrons. The molecule has 2 atom stereocenters. The van der Waals surface area contributed by atoms with Gasteiger partial charge in [0.1, 0.15) is 0 Å². The Morgan fingerprint density at radius 3 is 2.60 bits per heavy atom. The molecule has 3 heteroatoms. The SMILES string of the molecule is CCC(C)CNC1CCN(C(C)C)C1=O. The molecule has 1 saturated heterocycles. The molecule has 1 heterocycles. The van der Waals surface area contributed by atoms with Gasteiger partial charge in [0, 0.05) is 12.6 Å². The minimum atomic E-state index is 0.0707. The molecule has 0 saturated carbocycles. The topological polar surface area (TPSA) is 32.3 Å². The largest absolute Gasteiger partial charge is 0.339 e. The zero-order chi connectivity index (χ0) is 11.4. The monoisotopic (exact) mass is 212 g/mol. The fourth-order valence-electron chi connectivity index (χ4n) is 1.89. The van der Waals surface area contributed by atoms with Gasteiger partial charge in [0.05, 0.1) is 6.04 Å². The van der Waals surface area contributed by atoms with Crippen molar-refractivity contribution in [3.8, 4) is 0 Å². The van der Waals surface area contributed by atoms with Crippen LogP contribution in [0.15, 0.2) is 0 Å². The number of rotatable bonds is 5. The molecule has 1 fully saturated rings. The first-order chi connectivity index (χ1) is 7.06. The van der Waals surface area contributed by atoms with Crippen LogP contribution in [-0.2, 0) is 4.79 Å². The molecule has 1 amide bonds. The highest BCUT2D eigenvalue weighted by atomic mass is 16.2. The van der Waals surface area contributed by atoms with Crippen molar-refractivity contribution in [1.82, 2.24) is 10.2 Å². The Kier molecular flexibility index (Phi) is 4.58. The molecule has 0 aliphatic carbocycles. The van der Waals surface area contributed by atoms with Gasteiger partial charge < -0.3 is 10.2 Å². The van der Waals surface area contributed by atoms with E-state index in [1.807, 2.05) is 4.90 Å². The Bertz CT molecular complexity index is 216. The Hall–Kier alpha value is -0.570. The lowest BCUT2D eigenvalue weighted by molar-refractivity contribution is -0.130. The van der Waals surface area contributed by atoms with Gasteiger partial charge in [-0.15, -0.1) is 0 Å². The fraction of sp³-hybridized carbons (Fsp3) is 0.917. The van der Waals surface area contributed by atoms with Crippen LogP contribution in [0.3, 0.4) is 0 Å². The van der Waals surface area contributed by atoms with Crippen molar-refractivity contribution in [2.45, 2.75) is 52.6 Å². The molecule has 0 bridgehead atoms. The van der Waals surface area contributed by atoms with Crippen molar-refractivity contribution in [2.75, 3.05) is 13.1 Å². The summed E-state index contributed by atoms with van der Waals surface area (Å²) in [6, 6.07) is 0.411. The van der Waals surface area contributed by atoms with E-state index in [0.717, 1.165) is 19.5 Å². The molecule has 0 aromatic heterocycles. The molecule has 0 spiro atoms. The van der Waals surface area contributed by atoms with E-state index in [2.05, 4.69) is 33.0 Å². The lowest BCUT2D eigenvalue weighted by Crippen LogP contribution is -2.42. The molecular weight excluding hydrogens is 188 g/mol. The van der Waals surface area contributed by atoms with E-state index in [1.165, 1.54) is 6.42 Å². The number of hydrogen-bond donors (Lipinski definition) is 1. The summed E-state index contributed by atoms with van der Waals surface area (Å²) in [6.07, 6.45) is 2.13. The van der Waals surface area contributed by atoms with Crippen molar-refractivity contribution in [3.63, 3.8) is 0 Å². The Morgan fingerprint density at radius 2 is 2.13 bits per heavy atom. The van der Waals surface area contributed by atoms with Crippen LogP contribution in [-0.4, -0.2) is 36.0 Å². The Labute approximate surface area is 93.2 Å². The summed E-state index contributed by atoms with van der Waals surface area (Å²) in [5, 5.41) is 3.38. The molecule has 88 valence electrons. The molecule has 1 aliphatic heterocycles. The van der Waals surface area contributed by atoms with Gasteiger partial charge in [-0.05, 0) is 32.7 Å². The third-order valence-electron chi connectivity index (χ3n) is 3.27. The third kappa shape index (κ3) is 3.20. The number of hydrogen-bond acceptors (Lipinski definition) is 2. The van der Waals surface area contributed by atoms with Crippen LogP contribution < -0.4 is 5.32 Å². The predicted octanol–water partition coefficient (Wildman–Crippen LogP) is 1.63. The van der Waals surface area contributed by atoms with Crippen molar-refractivity contribution < 1.29 is 4.79 Å². The summed E-state index contributed by atoms with van der Waals surface area (Å²) in [5.74, 6) is 0.944. The molecular formula is C12H24N2O. The normalized spacial score (nSPS) is 23.9. The third-order valence-corrected chi connectivity index (χ3v) is 3.27. The van der Waals surface area contributed by atoms with Crippen LogP contribution in [0.5, 0.6) is 0 Å². The summed E-state index contributed by atoms with van der Waals surface area (Å²) in [4.78, 5) is 13.9. The maximum Gasteiger partial charge on any atom is 0.240 e. The number of nitrogens with one attached hydrogen (secondary N) is 1. The van der Waals surface area contributed by atoms with E-state index in [1.54, 1.807) is 0 Å². The van der Waals surface area contributed by atoms with Crippen LogP contribution in [0.4, 0.5) is 0 Å². The van der Waals surface area contributed by atoms with Gasteiger partial charge in [0.15, 0.2) is 0 Å². The van der Waals surface area contributed by atoms with Crippen LogP contribution in [0, 0.1) is 5.92 Å². The van der Waals surface area contributed by atoms with Crippen LogP contribution in [0.2, 0.25) is 0 Å². The van der Waals surface area contributed by atoms with Gasteiger partial charge in [-0.1, -0.05) is 20.3 Å². The molecule has 2 unspecified atom stereocenters. The summed E-state index contributed by atoms with van der Waals surface area (Å²) in [6.45, 7) is 10.4. The fourth-order valence-corrected chi connectivity index (χ4v) is 1.89. The van der Waals surface area contributed by atoms with Crippen molar-refractivity contribution in [1.29, 1.82) is 0 Å². The van der Waals surface area contributed by atoms with Gasteiger partial charge in [0.2, 0.25) is 5.91 Å². The standard InChI is InChI=1S/C12H24N2O/c1-5-10(4)8-13-11-6-7-14(9(2)3)12(11)15/h9-11,13H,5-8H2,1-4H3. The summed E-state index contributed by atoms with van der Waals surface area (Å²) in [7, 11) is 0. The second kappa shape index (κ2) is 5.50. The van der Waals surface area contributed by atoms with Crippen molar-refractivity contribution in [3.05, 3.63) is 0 Å². The van der Waals surface area contributed by atoms with Crippen molar-refractivity contribution >= 4 is 5.91 Å². The number of nitrogens with zero attached hydrogens (tertiary/aromatic N) is 1. The van der Waals surface area contributed by atoms with Gasteiger partial charge in [-0.25, -0.2) is 0 Å². The summed E-state index contributed by atoms with van der Waals surface area (Å²) >= 11 is 0. The predicted molar refractivity (Wildman–Crippen MR) is 62.7 cm³/mol. The Morgan fingerprint density at radius 1 is 1.47 bits per heavy atom. The number of amides is 1. The van der Waals surface area contributed by atoms with Gasteiger partial charge >= 0.3 is 0 Å². The van der Waals surface area contributed by atoms with Crippen LogP contribution in [0.1, 0.15) is 40.5 Å². The molecule has 1 N–H and O–H groups in total. The molecule has 1 rings (SSSR count). The van der Waals surface area contributed by atoms with E-state index in [9.17, 15) is 4.79 Å².